The smallest absolute Gasteiger partial charge is 0.316 e. The van der Waals surface area contributed by atoms with Crippen molar-refractivity contribution in [1.29, 1.82) is 0 Å². The Morgan fingerprint density at radius 1 is 1.08 bits per heavy atom. The second kappa shape index (κ2) is 9.28. The fourth-order valence-electron chi connectivity index (χ4n) is 2.21. The molecule has 0 aliphatic heterocycles. The van der Waals surface area contributed by atoms with Crippen molar-refractivity contribution in [3.05, 3.63) is 59.2 Å². The molecule has 0 saturated carbocycles. The number of esters is 1. The number of thioether (sulfide) groups is 1. The molecular weight excluding hydrogens is 334 g/mol. The molecule has 0 bridgehead atoms. The van der Waals surface area contributed by atoms with Crippen molar-refractivity contribution in [3.63, 3.8) is 0 Å². The van der Waals surface area contributed by atoms with Gasteiger partial charge in [0.15, 0.2) is 6.61 Å². The third kappa shape index (κ3) is 6.27. The molecule has 0 aromatic heterocycles. The van der Waals surface area contributed by atoms with E-state index in [9.17, 15) is 9.59 Å². The summed E-state index contributed by atoms with van der Waals surface area (Å²) in [5.41, 5.74) is 4.17. The van der Waals surface area contributed by atoms with E-state index in [1.807, 2.05) is 56.3 Å². The lowest BCUT2D eigenvalue weighted by Crippen LogP contribution is -2.21. The predicted molar refractivity (Wildman–Crippen MR) is 102 cm³/mol. The molecule has 0 aliphatic rings. The Morgan fingerprint density at radius 2 is 1.80 bits per heavy atom. The van der Waals surface area contributed by atoms with Gasteiger partial charge in [-0.25, -0.2) is 0 Å². The summed E-state index contributed by atoms with van der Waals surface area (Å²) in [5, 5.41) is 2.72. The highest BCUT2D eigenvalue weighted by Crippen LogP contribution is 2.23. The van der Waals surface area contributed by atoms with Crippen molar-refractivity contribution in [2.75, 3.05) is 17.7 Å². The van der Waals surface area contributed by atoms with E-state index in [-0.39, 0.29) is 18.3 Å². The summed E-state index contributed by atoms with van der Waals surface area (Å²) in [4.78, 5) is 24.7. The number of hydrogen-bond donors (Lipinski definition) is 1. The van der Waals surface area contributed by atoms with Gasteiger partial charge in [0.05, 0.1) is 5.75 Å². The Balaban J connectivity index is 1.75. The van der Waals surface area contributed by atoms with Crippen molar-refractivity contribution in [3.8, 4) is 0 Å². The minimum absolute atomic E-state index is 0.183. The summed E-state index contributed by atoms with van der Waals surface area (Å²) in [5.74, 6) is -0.556. The highest BCUT2D eigenvalue weighted by Gasteiger charge is 2.10. The van der Waals surface area contributed by atoms with Crippen molar-refractivity contribution in [2.24, 2.45) is 0 Å². The van der Waals surface area contributed by atoms with Crippen LogP contribution in [0.5, 0.6) is 0 Å². The highest BCUT2D eigenvalue weighted by atomic mass is 32.2. The van der Waals surface area contributed by atoms with Crippen LogP contribution in [0.25, 0.3) is 0 Å². The summed E-state index contributed by atoms with van der Waals surface area (Å²) in [6, 6.07) is 13.7. The molecule has 2 rings (SSSR count). The van der Waals surface area contributed by atoms with Gasteiger partial charge in [-0.05, 0) is 49.6 Å². The summed E-state index contributed by atoms with van der Waals surface area (Å²) < 4.78 is 5.04. The van der Waals surface area contributed by atoms with Crippen molar-refractivity contribution in [2.45, 2.75) is 32.1 Å². The SMILES string of the molecule is CCc1ccc(NC(=O)COC(=O)CSc2cc(C)ccc2C)cc1. The van der Waals surface area contributed by atoms with E-state index in [1.54, 1.807) is 0 Å². The number of carbonyl (C=O) groups is 2. The van der Waals surface area contributed by atoms with Gasteiger partial charge in [0, 0.05) is 10.6 Å². The second-order valence-corrected chi connectivity index (χ2v) is 6.83. The van der Waals surface area contributed by atoms with Crippen molar-refractivity contribution >= 4 is 29.3 Å². The molecule has 4 nitrogen and oxygen atoms in total. The molecule has 5 heteroatoms. The van der Waals surface area contributed by atoms with E-state index in [4.69, 9.17) is 4.74 Å². The highest BCUT2D eigenvalue weighted by molar-refractivity contribution is 8.00. The van der Waals surface area contributed by atoms with Gasteiger partial charge in [-0.2, -0.15) is 0 Å². The molecule has 0 saturated heterocycles. The zero-order chi connectivity index (χ0) is 18.2. The summed E-state index contributed by atoms with van der Waals surface area (Å²) in [6.45, 7) is 5.81. The van der Waals surface area contributed by atoms with E-state index in [1.165, 1.54) is 17.3 Å². The Kier molecular flexibility index (Phi) is 7.07. The predicted octanol–water partition coefficient (Wildman–Crippen LogP) is 4.14. The van der Waals surface area contributed by atoms with Gasteiger partial charge in [0.2, 0.25) is 0 Å². The first-order chi connectivity index (χ1) is 12.0. The van der Waals surface area contributed by atoms with Crippen LogP contribution in [0, 0.1) is 13.8 Å². The maximum atomic E-state index is 11.8. The first-order valence-corrected chi connectivity index (χ1v) is 9.21. The fraction of sp³-hybridized carbons (Fsp3) is 0.300. The lowest BCUT2D eigenvalue weighted by molar-refractivity contribution is -0.144. The van der Waals surface area contributed by atoms with Crippen LogP contribution in [0.1, 0.15) is 23.6 Å². The molecule has 132 valence electrons. The largest absolute Gasteiger partial charge is 0.455 e. The van der Waals surface area contributed by atoms with Crippen molar-refractivity contribution < 1.29 is 14.3 Å². The monoisotopic (exact) mass is 357 g/mol. The molecule has 0 atom stereocenters. The van der Waals surface area contributed by atoms with E-state index in [0.717, 1.165) is 22.4 Å². The lowest BCUT2D eigenvalue weighted by Gasteiger charge is -2.08. The molecule has 1 amide bonds. The average molecular weight is 357 g/mol. The number of anilines is 1. The van der Waals surface area contributed by atoms with Crippen LogP contribution in [0.15, 0.2) is 47.4 Å². The minimum Gasteiger partial charge on any atom is -0.455 e. The van der Waals surface area contributed by atoms with E-state index < -0.39 is 5.97 Å². The van der Waals surface area contributed by atoms with Gasteiger partial charge in [0.1, 0.15) is 0 Å². The number of carbonyl (C=O) groups excluding carboxylic acids is 2. The Labute approximate surface area is 153 Å². The maximum Gasteiger partial charge on any atom is 0.316 e. The van der Waals surface area contributed by atoms with Crippen LogP contribution in [0.4, 0.5) is 5.69 Å². The molecule has 0 radical (unpaired) electrons. The molecular formula is C20H23NO3S. The number of ether oxygens (including phenoxy) is 1. The Bertz CT molecular complexity index is 741. The fourth-order valence-corrected chi connectivity index (χ4v) is 3.13. The zero-order valence-corrected chi connectivity index (χ0v) is 15.6. The van der Waals surface area contributed by atoms with Gasteiger partial charge < -0.3 is 10.1 Å². The second-order valence-electron chi connectivity index (χ2n) is 5.82. The molecule has 0 fully saturated rings. The standard InChI is InChI=1S/C20H23NO3S/c1-4-16-7-9-17(10-8-16)21-19(22)12-24-20(23)13-25-18-11-14(2)5-6-15(18)3/h5-11H,4,12-13H2,1-3H3,(H,21,22). The van der Waals surface area contributed by atoms with Gasteiger partial charge in [0.25, 0.3) is 5.91 Å². The van der Waals surface area contributed by atoms with Crippen LogP contribution in [-0.2, 0) is 20.7 Å². The molecule has 2 aromatic rings. The molecule has 0 aliphatic carbocycles. The minimum atomic E-state index is -0.401. The van der Waals surface area contributed by atoms with Gasteiger partial charge >= 0.3 is 5.97 Å². The number of benzene rings is 2. The molecule has 1 N–H and O–H groups in total. The Morgan fingerprint density at radius 3 is 2.48 bits per heavy atom. The number of hydrogen-bond acceptors (Lipinski definition) is 4. The quantitative estimate of drug-likeness (QED) is 0.598. The number of amides is 1. The normalized spacial score (nSPS) is 10.4. The van der Waals surface area contributed by atoms with Gasteiger partial charge in [-0.3, -0.25) is 9.59 Å². The first kappa shape index (κ1) is 19.1. The van der Waals surface area contributed by atoms with Crippen LogP contribution >= 0.6 is 11.8 Å². The summed E-state index contributed by atoms with van der Waals surface area (Å²) in [6.07, 6.45) is 0.948. The van der Waals surface area contributed by atoms with Crippen LogP contribution in [-0.4, -0.2) is 24.2 Å². The van der Waals surface area contributed by atoms with Crippen LogP contribution in [0.2, 0.25) is 0 Å². The molecule has 0 heterocycles. The average Bonchev–Trinajstić information content (AvgIpc) is 2.61. The van der Waals surface area contributed by atoms with E-state index >= 15 is 0 Å². The molecule has 2 aromatic carbocycles. The molecule has 25 heavy (non-hydrogen) atoms. The zero-order valence-electron chi connectivity index (χ0n) is 14.8. The number of rotatable bonds is 7. The Hall–Kier alpha value is -2.27. The third-order valence-electron chi connectivity index (χ3n) is 3.70. The van der Waals surface area contributed by atoms with Crippen molar-refractivity contribution in [1.82, 2.24) is 0 Å². The van der Waals surface area contributed by atoms with Gasteiger partial charge in [-0.1, -0.05) is 36.8 Å². The first-order valence-electron chi connectivity index (χ1n) is 8.22. The van der Waals surface area contributed by atoms with Crippen LogP contribution in [0.3, 0.4) is 0 Å². The topological polar surface area (TPSA) is 55.4 Å². The van der Waals surface area contributed by atoms with Gasteiger partial charge in [-0.15, -0.1) is 11.8 Å². The number of nitrogens with one attached hydrogen (secondary N) is 1. The third-order valence-corrected chi connectivity index (χ3v) is 4.83. The molecule has 0 unspecified atom stereocenters. The van der Waals surface area contributed by atoms with E-state index in [2.05, 4.69) is 12.2 Å². The summed E-state index contributed by atoms with van der Waals surface area (Å²) >= 11 is 1.42. The van der Waals surface area contributed by atoms with E-state index in [0.29, 0.717) is 5.69 Å². The van der Waals surface area contributed by atoms with Crippen LogP contribution < -0.4 is 5.32 Å². The molecule has 0 spiro atoms. The lowest BCUT2D eigenvalue weighted by atomic mass is 10.1. The maximum absolute atomic E-state index is 11.8. The summed E-state index contributed by atoms with van der Waals surface area (Å²) in [7, 11) is 0. The number of aryl methyl sites for hydroxylation is 3.